The molecule has 6 heteroatoms. The monoisotopic (exact) mass is 402 g/mol. The second-order valence-electron chi connectivity index (χ2n) is 6.34. The summed E-state index contributed by atoms with van der Waals surface area (Å²) in [6.45, 7) is 0.208. The molecule has 0 saturated heterocycles. The van der Waals surface area contributed by atoms with E-state index in [0.29, 0.717) is 27.9 Å². The maximum atomic E-state index is 13.2. The maximum Gasteiger partial charge on any atom is 0.337 e. The highest BCUT2D eigenvalue weighted by molar-refractivity contribution is 5.90. The molecule has 0 radical (unpaired) electrons. The minimum atomic E-state index is -0.422. The lowest BCUT2D eigenvalue weighted by molar-refractivity contribution is 0.0600. The number of carbonyl (C=O) groups excluding carboxylic acids is 2. The van der Waals surface area contributed by atoms with Gasteiger partial charge in [-0.1, -0.05) is 36.1 Å². The molecule has 0 aliphatic carbocycles. The lowest BCUT2D eigenvalue weighted by Gasteiger charge is -2.08. The van der Waals surface area contributed by atoms with Crippen molar-refractivity contribution in [3.63, 3.8) is 0 Å². The number of rotatable bonds is 4. The molecule has 30 heavy (non-hydrogen) atoms. The largest absolute Gasteiger partial charge is 0.465 e. The van der Waals surface area contributed by atoms with Crippen LogP contribution in [-0.2, 0) is 11.3 Å². The first-order valence-corrected chi connectivity index (χ1v) is 9.13. The van der Waals surface area contributed by atoms with E-state index in [1.165, 1.54) is 19.2 Å². The number of hydrogen-bond acceptors (Lipinski definition) is 3. The maximum absolute atomic E-state index is 13.2. The average Bonchev–Trinajstić information content (AvgIpc) is 2.76. The first-order valence-electron chi connectivity index (χ1n) is 9.13. The summed E-state index contributed by atoms with van der Waals surface area (Å²) in [6.07, 6.45) is 0. The molecule has 0 fully saturated rings. The fourth-order valence-corrected chi connectivity index (χ4v) is 2.67. The second-order valence-corrected chi connectivity index (χ2v) is 6.34. The molecule has 0 unspecified atom stereocenters. The fraction of sp³-hybridized carbons (Fsp3) is 0.0833. The van der Waals surface area contributed by atoms with Crippen LogP contribution in [0.25, 0.3) is 0 Å². The molecule has 2 amide bonds. The summed E-state index contributed by atoms with van der Waals surface area (Å²) in [5.74, 6) is 5.23. The predicted octanol–water partition coefficient (Wildman–Crippen LogP) is 4.33. The van der Waals surface area contributed by atoms with Crippen LogP contribution in [0.2, 0.25) is 0 Å². The molecule has 2 N–H and O–H groups in total. The van der Waals surface area contributed by atoms with Crippen LogP contribution in [0.3, 0.4) is 0 Å². The van der Waals surface area contributed by atoms with Gasteiger partial charge in [0.1, 0.15) is 5.82 Å². The topological polar surface area (TPSA) is 67.4 Å². The Balaban J connectivity index is 1.63. The molecular weight excluding hydrogens is 383 g/mol. The molecule has 0 atom stereocenters. The van der Waals surface area contributed by atoms with E-state index in [0.717, 1.165) is 0 Å². The van der Waals surface area contributed by atoms with Gasteiger partial charge in [-0.15, -0.1) is 0 Å². The van der Waals surface area contributed by atoms with Crippen molar-refractivity contribution in [2.24, 2.45) is 0 Å². The van der Waals surface area contributed by atoms with Crippen LogP contribution >= 0.6 is 0 Å². The van der Waals surface area contributed by atoms with Crippen LogP contribution in [0.1, 0.15) is 27.0 Å². The SMILES string of the molecule is COC(=O)c1cccc(C#Cc2cccc(NC(=O)NCc3cccc(F)c3)c2)c1. The molecule has 3 aromatic rings. The van der Waals surface area contributed by atoms with E-state index in [-0.39, 0.29) is 12.4 Å². The van der Waals surface area contributed by atoms with Gasteiger partial charge < -0.3 is 15.4 Å². The number of methoxy groups -OCH3 is 1. The van der Waals surface area contributed by atoms with Gasteiger partial charge in [-0.25, -0.2) is 14.0 Å². The van der Waals surface area contributed by atoms with Crippen LogP contribution in [0.15, 0.2) is 72.8 Å². The Bertz CT molecular complexity index is 1130. The number of halogens is 1. The van der Waals surface area contributed by atoms with Crippen molar-refractivity contribution >= 4 is 17.7 Å². The van der Waals surface area contributed by atoms with Gasteiger partial charge in [0.05, 0.1) is 12.7 Å². The number of benzene rings is 3. The van der Waals surface area contributed by atoms with Gasteiger partial charge in [-0.05, 0) is 54.1 Å². The summed E-state index contributed by atoms with van der Waals surface area (Å²) in [5.41, 5.74) is 3.03. The van der Waals surface area contributed by atoms with Gasteiger partial charge in [0.25, 0.3) is 0 Å². The van der Waals surface area contributed by atoms with E-state index < -0.39 is 12.0 Å². The molecule has 150 valence electrons. The third kappa shape index (κ3) is 5.94. The number of carbonyl (C=O) groups is 2. The summed E-state index contributed by atoms with van der Waals surface area (Å²) in [5, 5.41) is 5.40. The molecule has 0 spiro atoms. The fourth-order valence-electron chi connectivity index (χ4n) is 2.67. The van der Waals surface area contributed by atoms with Crippen LogP contribution < -0.4 is 10.6 Å². The molecule has 3 aromatic carbocycles. The van der Waals surface area contributed by atoms with Crippen molar-refractivity contribution in [3.05, 3.63) is 101 Å². The van der Waals surface area contributed by atoms with Gasteiger partial charge in [-0.3, -0.25) is 0 Å². The van der Waals surface area contributed by atoms with Gasteiger partial charge >= 0.3 is 12.0 Å². The number of ether oxygens (including phenoxy) is 1. The Morgan fingerprint density at radius 3 is 2.37 bits per heavy atom. The Hall–Kier alpha value is -4.11. The first kappa shape index (κ1) is 20.6. The summed E-state index contributed by atoms with van der Waals surface area (Å²) in [7, 11) is 1.33. The van der Waals surface area contributed by atoms with E-state index in [2.05, 4.69) is 22.5 Å². The van der Waals surface area contributed by atoms with E-state index in [1.807, 2.05) is 6.07 Å². The molecule has 0 aliphatic rings. The molecule has 0 bridgehead atoms. The third-order valence-corrected chi connectivity index (χ3v) is 4.10. The molecular formula is C24H19FN2O3. The highest BCUT2D eigenvalue weighted by Gasteiger charge is 2.05. The molecule has 0 heterocycles. The smallest absolute Gasteiger partial charge is 0.337 e. The van der Waals surface area contributed by atoms with Crippen LogP contribution in [-0.4, -0.2) is 19.1 Å². The lowest BCUT2D eigenvalue weighted by Crippen LogP contribution is -2.28. The van der Waals surface area contributed by atoms with Crippen molar-refractivity contribution in [3.8, 4) is 11.8 Å². The Morgan fingerprint density at radius 2 is 1.63 bits per heavy atom. The number of nitrogens with one attached hydrogen (secondary N) is 2. The summed E-state index contributed by atoms with van der Waals surface area (Å²) in [6, 6.07) is 19.5. The quantitative estimate of drug-likeness (QED) is 0.504. The average molecular weight is 402 g/mol. The van der Waals surface area contributed by atoms with E-state index in [4.69, 9.17) is 4.74 Å². The normalized spacial score (nSPS) is 9.80. The minimum absolute atomic E-state index is 0.208. The molecule has 0 aromatic heterocycles. The van der Waals surface area contributed by atoms with E-state index in [1.54, 1.807) is 54.6 Å². The number of esters is 1. The summed E-state index contributed by atoms with van der Waals surface area (Å²) < 4.78 is 17.9. The zero-order valence-corrected chi connectivity index (χ0v) is 16.2. The van der Waals surface area contributed by atoms with Crippen molar-refractivity contribution in [1.82, 2.24) is 5.32 Å². The molecule has 0 aliphatic heterocycles. The number of hydrogen-bond donors (Lipinski definition) is 2. The molecule has 5 nitrogen and oxygen atoms in total. The van der Waals surface area contributed by atoms with E-state index >= 15 is 0 Å². The van der Waals surface area contributed by atoms with Crippen molar-refractivity contribution < 1.29 is 18.7 Å². The van der Waals surface area contributed by atoms with Crippen LogP contribution in [0.4, 0.5) is 14.9 Å². The second kappa shape index (κ2) is 9.89. The highest BCUT2D eigenvalue weighted by Crippen LogP contribution is 2.11. The van der Waals surface area contributed by atoms with E-state index in [9.17, 15) is 14.0 Å². The highest BCUT2D eigenvalue weighted by atomic mass is 19.1. The molecule has 3 rings (SSSR count). The minimum Gasteiger partial charge on any atom is -0.465 e. The predicted molar refractivity (Wildman–Crippen MR) is 112 cm³/mol. The lowest BCUT2D eigenvalue weighted by atomic mass is 10.1. The Labute approximate surface area is 173 Å². The van der Waals surface area contributed by atoms with Crippen LogP contribution in [0.5, 0.6) is 0 Å². The first-order chi connectivity index (χ1) is 14.5. The third-order valence-electron chi connectivity index (χ3n) is 4.10. The van der Waals surface area contributed by atoms with Crippen molar-refractivity contribution in [1.29, 1.82) is 0 Å². The number of urea groups is 1. The molecule has 0 saturated carbocycles. The number of amides is 2. The van der Waals surface area contributed by atoms with Crippen LogP contribution in [0, 0.1) is 17.7 Å². The zero-order chi connectivity index (χ0) is 21.3. The summed E-state index contributed by atoms with van der Waals surface area (Å²) >= 11 is 0. The Morgan fingerprint density at radius 1 is 0.933 bits per heavy atom. The zero-order valence-electron chi connectivity index (χ0n) is 16.2. The summed E-state index contributed by atoms with van der Waals surface area (Å²) in [4.78, 5) is 23.7. The standard InChI is InChI=1S/C24H19FN2O3/c1-30-23(28)20-8-2-5-17(13-20)11-12-18-6-4-10-22(15-18)27-24(29)26-16-19-7-3-9-21(25)14-19/h2-10,13-15H,16H2,1H3,(H2,26,27,29). The van der Waals surface area contributed by atoms with Crippen molar-refractivity contribution in [2.75, 3.05) is 12.4 Å². The van der Waals surface area contributed by atoms with Gasteiger partial charge in [-0.2, -0.15) is 0 Å². The Kier molecular flexibility index (Phi) is 6.80. The van der Waals surface area contributed by atoms with Gasteiger partial charge in [0, 0.05) is 23.4 Å². The van der Waals surface area contributed by atoms with Gasteiger partial charge in [0.15, 0.2) is 0 Å². The van der Waals surface area contributed by atoms with Gasteiger partial charge in [0.2, 0.25) is 0 Å². The van der Waals surface area contributed by atoms with Crippen molar-refractivity contribution in [2.45, 2.75) is 6.54 Å². The number of anilines is 1.